The van der Waals surface area contributed by atoms with Gasteiger partial charge in [-0.1, -0.05) is 12.1 Å². The smallest absolute Gasteiger partial charge is 0.319 e. The molecule has 0 spiro atoms. The lowest BCUT2D eigenvalue weighted by Gasteiger charge is -2.19. The predicted octanol–water partition coefficient (Wildman–Crippen LogP) is 3.35. The minimum Gasteiger partial charge on any atom is -0.459 e. The number of amides is 2. The lowest BCUT2D eigenvalue weighted by molar-refractivity contribution is 0.248. The van der Waals surface area contributed by atoms with Gasteiger partial charge in [0, 0.05) is 18.0 Å². The maximum atomic E-state index is 12.0. The Morgan fingerprint density at radius 3 is 3.09 bits per heavy atom. The van der Waals surface area contributed by atoms with Crippen molar-refractivity contribution in [3.05, 3.63) is 30.0 Å². The van der Waals surface area contributed by atoms with Crippen LogP contribution in [0.3, 0.4) is 0 Å². The maximum absolute atomic E-state index is 12.0. The lowest BCUT2D eigenvalue weighted by Crippen LogP contribution is -2.34. The number of carbonyl (C=O) groups is 1. The van der Waals surface area contributed by atoms with Crippen LogP contribution in [0.5, 0.6) is 0 Å². The van der Waals surface area contributed by atoms with Crippen LogP contribution in [0, 0.1) is 6.92 Å². The summed E-state index contributed by atoms with van der Waals surface area (Å²) < 4.78 is 5.65. The van der Waals surface area contributed by atoms with Crippen LogP contribution >= 0.6 is 0 Å². The average molecular weight is 301 g/mol. The van der Waals surface area contributed by atoms with Crippen molar-refractivity contribution in [3.63, 3.8) is 0 Å². The molecule has 1 aromatic carbocycles. The molecule has 118 valence electrons. The van der Waals surface area contributed by atoms with Crippen molar-refractivity contribution in [1.82, 2.24) is 10.2 Å². The fourth-order valence-corrected chi connectivity index (χ4v) is 3.15. The van der Waals surface area contributed by atoms with Crippen molar-refractivity contribution in [2.75, 3.05) is 25.5 Å². The molecular formula is C17H23N3O2. The van der Waals surface area contributed by atoms with Gasteiger partial charge in [-0.2, -0.15) is 0 Å². The van der Waals surface area contributed by atoms with Crippen LogP contribution < -0.4 is 10.6 Å². The monoisotopic (exact) mass is 301 g/mol. The molecule has 1 aliphatic rings. The van der Waals surface area contributed by atoms with Gasteiger partial charge in [-0.05, 0) is 51.9 Å². The van der Waals surface area contributed by atoms with Crippen molar-refractivity contribution in [3.8, 4) is 0 Å². The Labute approximate surface area is 130 Å². The number of anilines is 1. The summed E-state index contributed by atoms with van der Waals surface area (Å²) in [5.74, 6) is 0.842. The number of benzene rings is 1. The summed E-state index contributed by atoms with van der Waals surface area (Å²) in [6.07, 6.45) is 3.48. The molecule has 0 unspecified atom stereocenters. The van der Waals surface area contributed by atoms with Gasteiger partial charge >= 0.3 is 6.03 Å². The number of furan rings is 1. The molecule has 5 heteroatoms. The van der Waals surface area contributed by atoms with Crippen LogP contribution in [0.25, 0.3) is 11.0 Å². The van der Waals surface area contributed by atoms with Gasteiger partial charge in [0.15, 0.2) is 5.58 Å². The normalized spacial score (nSPS) is 18.7. The SMILES string of the molecule is Cc1cc2cccc(NC(=O)NCC[C@@H]3CCCN3C)c2o1. The van der Waals surface area contributed by atoms with E-state index >= 15 is 0 Å². The molecule has 5 nitrogen and oxygen atoms in total. The Kier molecular flexibility index (Phi) is 4.34. The predicted molar refractivity (Wildman–Crippen MR) is 88.2 cm³/mol. The lowest BCUT2D eigenvalue weighted by atomic mass is 10.1. The number of nitrogens with zero attached hydrogens (tertiary/aromatic N) is 1. The molecule has 2 amide bonds. The van der Waals surface area contributed by atoms with Gasteiger partial charge in [0.05, 0.1) is 5.69 Å². The quantitative estimate of drug-likeness (QED) is 0.910. The fraction of sp³-hybridized carbons (Fsp3) is 0.471. The Hall–Kier alpha value is -2.01. The highest BCUT2D eigenvalue weighted by Gasteiger charge is 2.20. The first-order valence-corrected chi connectivity index (χ1v) is 7.88. The van der Waals surface area contributed by atoms with E-state index in [9.17, 15) is 4.79 Å². The van der Waals surface area contributed by atoms with Crippen LogP contribution in [0.4, 0.5) is 10.5 Å². The number of fused-ring (bicyclic) bond motifs is 1. The second-order valence-corrected chi connectivity index (χ2v) is 6.03. The molecule has 22 heavy (non-hydrogen) atoms. The zero-order chi connectivity index (χ0) is 15.5. The molecule has 1 saturated heterocycles. The van der Waals surface area contributed by atoms with Crippen molar-refractivity contribution in [2.24, 2.45) is 0 Å². The fourth-order valence-electron chi connectivity index (χ4n) is 3.15. The van der Waals surface area contributed by atoms with E-state index in [1.54, 1.807) is 0 Å². The molecule has 0 radical (unpaired) electrons. The zero-order valence-electron chi connectivity index (χ0n) is 13.2. The molecule has 0 bridgehead atoms. The highest BCUT2D eigenvalue weighted by Crippen LogP contribution is 2.26. The summed E-state index contributed by atoms with van der Waals surface area (Å²) in [4.78, 5) is 14.4. The number of hydrogen-bond acceptors (Lipinski definition) is 3. The molecule has 0 aliphatic carbocycles. The van der Waals surface area contributed by atoms with E-state index < -0.39 is 0 Å². The third-order valence-corrected chi connectivity index (χ3v) is 4.35. The summed E-state index contributed by atoms with van der Waals surface area (Å²) in [6.45, 7) is 3.76. The first-order chi connectivity index (χ1) is 10.6. The zero-order valence-corrected chi connectivity index (χ0v) is 13.2. The van der Waals surface area contributed by atoms with Crippen LogP contribution in [-0.2, 0) is 0 Å². The number of hydrogen-bond donors (Lipinski definition) is 2. The Bertz CT molecular complexity index is 665. The van der Waals surface area contributed by atoms with Crippen molar-refractivity contribution < 1.29 is 9.21 Å². The largest absolute Gasteiger partial charge is 0.459 e. The Morgan fingerprint density at radius 2 is 2.32 bits per heavy atom. The maximum Gasteiger partial charge on any atom is 0.319 e. The van der Waals surface area contributed by atoms with Crippen LogP contribution in [0.2, 0.25) is 0 Å². The molecule has 1 atom stereocenters. The minimum atomic E-state index is -0.179. The van der Waals surface area contributed by atoms with Gasteiger partial charge in [-0.25, -0.2) is 4.79 Å². The number of urea groups is 1. The molecular weight excluding hydrogens is 278 g/mol. The third kappa shape index (κ3) is 3.25. The number of carbonyl (C=O) groups excluding carboxylic acids is 1. The minimum absolute atomic E-state index is 0.179. The molecule has 1 fully saturated rings. The number of likely N-dealkylation sites (tertiary alicyclic amines) is 1. The molecule has 0 saturated carbocycles. The first-order valence-electron chi connectivity index (χ1n) is 7.88. The van der Waals surface area contributed by atoms with E-state index in [1.807, 2.05) is 31.2 Å². The number of nitrogens with one attached hydrogen (secondary N) is 2. The number of para-hydroxylation sites is 1. The molecule has 2 N–H and O–H groups in total. The summed E-state index contributed by atoms with van der Waals surface area (Å²) >= 11 is 0. The first kappa shape index (κ1) is 14.9. The topological polar surface area (TPSA) is 57.5 Å². The van der Waals surface area contributed by atoms with Crippen molar-refractivity contribution >= 4 is 22.7 Å². The number of aryl methyl sites for hydroxylation is 1. The summed E-state index contributed by atoms with van der Waals surface area (Å²) in [7, 11) is 2.15. The Morgan fingerprint density at radius 1 is 1.45 bits per heavy atom. The molecule has 2 aromatic rings. The molecule has 1 aromatic heterocycles. The number of rotatable bonds is 4. The van der Waals surface area contributed by atoms with Gasteiger partial charge in [0.1, 0.15) is 5.76 Å². The second kappa shape index (κ2) is 6.40. The summed E-state index contributed by atoms with van der Waals surface area (Å²) in [5, 5.41) is 6.81. The molecule has 2 heterocycles. The standard InChI is InChI=1S/C17H23N3O2/c1-12-11-13-5-3-7-15(16(13)22-12)19-17(21)18-9-8-14-6-4-10-20(14)2/h3,5,7,11,14H,4,6,8-10H2,1-2H3,(H2,18,19,21)/t14-/m0/s1. The van der Waals surface area contributed by atoms with E-state index in [2.05, 4.69) is 22.6 Å². The van der Waals surface area contributed by atoms with E-state index in [-0.39, 0.29) is 6.03 Å². The highest BCUT2D eigenvalue weighted by atomic mass is 16.3. The summed E-state index contributed by atoms with van der Waals surface area (Å²) in [6, 6.07) is 8.13. The third-order valence-electron chi connectivity index (χ3n) is 4.35. The average Bonchev–Trinajstić information content (AvgIpc) is 3.05. The van der Waals surface area contributed by atoms with Crippen LogP contribution in [-0.4, -0.2) is 37.1 Å². The van der Waals surface area contributed by atoms with Gasteiger partial charge in [-0.15, -0.1) is 0 Å². The molecule has 1 aliphatic heterocycles. The van der Waals surface area contributed by atoms with Gasteiger partial charge in [-0.3, -0.25) is 0 Å². The van der Waals surface area contributed by atoms with Gasteiger partial charge in [0.25, 0.3) is 0 Å². The molecule has 3 rings (SSSR count). The van der Waals surface area contributed by atoms with Crippen LogP contribution in [0.15, 0.2) is 28.7 Å². The van der Waals surface area contributed by atoms with Crippen molar-refractivity contribution in [2.45, 2.75) is 32.2 Å². The van der Waals surface area contributed by atoms with E-state index in [0.717, 1.165) is 29.7 Å². The van der Waals surface area contributed by atoms with Crippen LogP contribution in [0.1, 0.15) is 25.0 Å². The van der Waals surface area contributed by atoms with E-state index in [0.29, 0.717) is 18.3 Å². The van der Waals surface area contributed by atoms with E-state index in [4.69, 9.17) is 4.42 Å². The van der Waals surface area contributed by atoms with Gasteiger partial charge in [0.2, 0.25) is 0 Å². The van der Waals surface area contributed by atoms with E-state index in [1.165, 1.54) is 12.8 Å². The van der Waals surface area contributed by atoms with Gasteiger partial charge < -0.3 is 20.0 Å². The second-order valence-electron chi connectivity index (χ2n) is 6.03. The highest BCUT2D eigenvalue weighted by molar-refractivity contribution is 5.99. The summed E-state index contributed by atoms with van der Waals surface area (Å²) in [5.41, 5.74) is 1.44. The van der Waals surface area contributed by atoms with Crippen molar-refractivity contribution in [1.29, 1.82) is 0 Å². The Balaban J connectivity index is 1.54.